The molecule has 1 aromatic heterocycles. The summed E-state index contributed by atoms with van der Waals surface area (Å²) in [6.45, 7) is 4.71. The van der Waals surface area contributed by atoms with E-state index in [4.69, 9.17) is 5.73 Å². The minimum Gasteiger partial charge on any atom is -0.365 e. The molecule has 35 heavy (non-hydrogen) atoms. The number of hydrogen-bond acceptors (Lipinski definition) is 6. The van der Waals surface area contributed by atoms with Crippen molar-refractivity contribution in [1.82, 2.24) is 9.21 Å². The highest BCUT2D eigenvalue weighted by molar-refractivity contribution is 7.89. The number of sulfonamides is 1. The third kappa shape index (κ3) is 5.45. The Balaban J connectivity index is 1.50. The number of rotatable bonds is 8. The van der Waals surface area contributed by atoms with E-state index in [1.165, 1.54) is 39.9 Å². The van der Waals surface area contributed by atoms with Gasteiger partial charge in [0.2, 0.25) is 10.0 Å². The zero-order valence-electron chi connectivity index (χ0n) is 20.4. The number of benzene rings is 1. The van der Waals surface area contributed by atoms with Crippen molar-refractivity contribution in [2.24, 2.45) is 5.73 Å². The van der Waals surface area contributed by atoms with Gasteiger partial charge in [0.15, 0.2) is 0 Å². The fourth-order valence-electron chi connectivity index (χ4n) is 5.07. The molecule has 1 aliphatic heterocycles. The van der Waals surface area contributed by atoms with Crippen molar-refractivity contribution in [1.29, 1.82) is 0 Å². The normalized spacial score (nSPS) is 17.3. The standard InChI is InChI=1S/C25H34N4O4S2/c1-3-14-29-15-13-20-21(16-29)34-25(22(20)23(26)30)27-24(31)17-9-11-19(12-10-17)35(32,33)28(2)18-7-5-4-6-8-18/h9-12,18H,3-8,13-16H2,1-2H3,(H2,26,30)(H,27,31). The number of nitrogens with two attached hydrogens (primary N) is 1. The van der Waals surface area contributed by atoms with Gasteiger partial charge in [0.05, 0.1) is 10.5 Å². The maximum atomic E-state index is 13.1. The van der Waals surface area contributed by atoms with E-state index < -0.39 is 21.8 Å². The summed E-state index contributed by atoms with van der Waals surface area (Å²) in [4.78, 5) is 28.8. The number of anilines is 1. The molecule has 0 bridgehead atoms. The molecule has 10 heteroatoms. The van der Waals surface area contributed by atoms with Gasteiger partial charge in [-0.1, -0.05) is 26.2 Å². The summed E-state index contributed by atoms with van der Waals surface area (Å²) in [6, 6.07) is 5.98. The van der Waals surface area contributed by atoms with Crippen LogP contribution in [0.3, 0.4) is 0 Å². The van der Waals surface area contributed by atoms with Gasteiger partial charge in [0, 0.05) is 36.6 Å². The Hall–Kier alpha value is -2.27. The Morgan fingerprint density at radius 1 is 1.17 bits per heavy atom. The minimum absolute atomic E-state index is 0.0158. The monoisotopic (exact) mass is 518 g/mol. The predicted octanol–water partition coefficient (Wildman–Crippen LogP) is 3.82. The van der Waals surface area contributed by atoms with Crippen LogP contribution >= 0.6 is 11.3 Å². The Kier molecular flexibility index (Phi) is 7.95. The molecule has 0 saturated heterocycles. The maximum Gasteiger partial charge on any atom is 0.256 e. The highest BCUT2D eigenvalue weighted by Gasteiger charge is 2.30. The number of primary amides is 1. The molecule has 1 saturated carbocycles. The second kappa shape index (κ2) is 10.8. The summed E-state index contributed by atoms with van der Waals surface area (Å²) >= 11 is 1.39. The Morgan fingerprint density at radius 2 is 1.86 bits per heavy atom. The highest BCUT2D eigenvalue weighted by Crippen LogP contribution is 2.37. The molecule has 2 amide bonds. The van der Waals surface area contributed by atoms with E-state index in [0.717, 1.165) is 75.0 Å². The van der Waals surface area contributed by atoms with Crippen LogP contribution in [0.4, 0.5) is 5.00 Å². The Labute approximate surface area is 211 Å². The van der Waals surface area contributed by atoms with Crippen molar-refractivity contribution in [3.05, 3.63) is 45.8 Å². The topological polar surface area (TPSA) is 113 Å². The number of fused-ring (bicyclic) bond motifs is 1. The summed E-state index contributed by atoms with van der Waals surface area (Å²) in [5, 5.41) is 3.30. The maximum absolute atomic E-state index is 13.1. The van der Waals surface area contributed by atoms with E-state index in [1.54, 1.807) is 7.05 Å². The summed E-state index contributed by atoms with van der Waals surface area (Å²) in [7, 11) is -2.00. The van der Waals surface area contributed by atoms with Gasteiger partial charge in [-0.2, -0.15) is 4.31 Å². The van der Waals surface area contributed by atoms with E-state index in [2.05, 4.69) is 17.1 Å². The van der Waals surface area contributed by atoms with Gasteiger partial charge < -0.3 is 11.1 Å². The number of thiophene rings is 1. The quantitative estimate of drug-likeness (QED) is 0.552. The second-order valence-electron chi connectivity index (χ2n) is 9.39. The molecule has 2 aromatic rings. The van der Waals surface area contributed by atoms with Gasteiger partial charge >= 0.3 is 0 Å². The molecule has 1 fully saturated rings. The van der Waals surface area contributed by atoms with E-state index in [0.29, 0.717) is 16.1 Å². The van der Waals surface area contributed by atoms with Gasteiger partial charge in [-0.15, -0.1) is 11.3 Å². The van der Waals surface area contributed by atoms with Gasteiger partial charge in [-0.05, 0) is 62.1 Å². The minimum atomic E-state index is -3.63. The molecule has 190 valence electrons. The third-order valence-corrected chi connectivity index (χ3v) is 10.1. The molecule has 0 spiro atoms. The Morgan fingerprint density at radius 3 is 2.49 bits per heavy atom. The third-order valence-electron chi connectivity index (χ3n) is 7.03. The lowest BCUT2D eigenvalue weighted by molar-refractivity contribution is 0.0999. The van der Waals surface area contributed by atoms with Crippen molar-refractivity contribution in [3.63, 3.8) is 0 Å². The van der Waals surface area contributed by atoms with Crippen LogP contribution in [0, 0.1) is 0 Å². The number of carbonyl (C=O) groups is 2. The molecule has 1 aliphatic carbocycles. The number of nitrogens with zero attached hydrogens (tertiary/aromatic N) is 2. The summed E-state index contributed by atoms with van der Waals surface area (Å²) in [5.74, 6) is -0.949. The number of hydrogen-bond donors (Lipinski definition) is 2. The van der Waals surface area contributed by atoms with Crippen molar-refractivity contribution in [3.8, 4) is 0 Å². The smallest absolute Gasteiger partial charge is 0.256 e. The molecule has 3 N–H and O–H groups in total. The van der Waals surface area contributed by atoms with Gasteiger partial charge in [-0.25, -0.2) is 8.42 Å². The first-order valence-electron chi connectivity index (χ1n) is 12.3. The van der Waals surface area contributed by atoms with Crippen LogP contribution in [0.15, 0.2) is 29.2 Å². The lowest BCUT2D eigenvalue weighted by Crippen LogP contribution is -2.38. The number of carbonyl (C=O) groups excluding carboxylic acids is 2. The SMILES string of the molecule is CCCN1CCc2c(sc(NC(=O)c3ccc(S(=O)(=O)N(C)C4CCCCC4)cc3)c2C(N)=O)C1. The average molecular weight is 519 g/mol. The summed E-state index contributed by atoms with van der Waals surface area (Å²) in [5.41, 5.74) is 7.32. The molecule has 4 rings (SSSR count). The second-order valence-corrected chi connectivity index (χ2v) is 12.5. The van der Waals surface area contributed by atoms with E-state index in [9.17, 15) is 18.0 Å². The molecule has 2 heterocycles. The largest absolute Gasteiger partial charge is 0.365 e. The molecule has 0 radical (unpaired) electrons. The zero-order chi connectivity index (χ0) is 25.2. The van der Waals surface area contributed by atoms with Crippen LogP contribution in [-0.4, -0.2) is 55.6 Å². The lowest BCUT2D eigenvalue weighted by atomic mass is 9.96. The molecule has 8 nitrogen and oxygen atoms in total. The molecule has 1 aromatic carbocycles. The average Bonchev–Trinajstić information content (AvgIpc) is 3.21. The fourth-order valence-corrected chi connectivity index (χ4v) is 7.78. The lowest BCUT2D eigenvalue weighted by Gasteiger charge is -2.30. The van der Waals surface area contributed by atoms with Crippen molar-refractivity contribution in [2.45, 2.75) is 69.4 Å². The van der Waals surface area contributed by atoms with Crippen LogP contribution in [0.5, 0.6) is 0 Å². The number of amides is 2. The van der Waals surface area contributed by atoms with Crippen molar-refractivity contribution >= 4 is 38.2 Å². The van der Waals surface area contributed by atoms with Gasteiger partial charge in [-0.3, -0.25) is 14.5 Å². The van der Waals surface area contributed by atoms with E-state index >= 15 is 0 Å². The number of nitrogens with one attached hydrogen (secondary N) is 1. The van der Waals surface area contributed by atoms with Crippen LogP contribution in [0.1, 0.15) is 76.6 Å². The predicted molar refractivity (Wildman–Crippen MR) is 138 cm³/mol. The molecular formula is C25H34N4O4S2. The van der Waals surface area contributed by atoms with E-state index in [-0.39, 0.29) is 10.9 Å². The molecule has 2 aliphatic rings. The van der Waals surface area contributed by atoms with Crippen molar-refractivity contribution in [2.75, 3.05) is 25.5 Å². The van der Waals surface area contributed by atoms with Crippen LogP contribution < -0.4 is 11.1 Å². The van der Waals surface area contributed by atoms with Crippen LogP contribution in [0.25, 0.3) is 0 Å². The van der Waals surface area contributed by atoms with Crippen LogP contribution in [-0.2, 0) is 23.0 Å². The van der Waals surface area contributed by atoms with Crippen molar-refractivity contribution < 1.29 is 18.0 Å². The first-order chi connectivity index (χ1) is 16.7. The first kappa shape index (κ1) is 25.8. The van der Waals surface area contributed by atoms with Gasteiger partial charge in [0.25, 0.3) is 11.8 Å². The summed E-state index contributed by atoms with van der Waals surface area (Å²) < 4.78 is 27.6. The fraction of sp³-hybridized carbons (Fsp3) is 0.520. The zero-order valence-corrected chi connectivity index (χ0v) is 22.0. The first-order valence-corrected chi connectivity index (χ1v) is 14.5. The highest BCUT2D eigenvalue weighted by atomic mass is 32.2. The Bertz CT molecular complexity index is 1180. The summed E-state index contributed by atoms with van der Waals surface area (Å²) in [6.07, 6.45) is 6.75. The van der Waals surface area contributed by atoms with Crippen LogP contribution in [0.2, 0.25) is 0 Å². The van der Waals surface area contributed by atoms with E-state index in [1.807, 2.05) is 0 Å². The van der Waals surface area contributed by atoms with Gasteiger partial charge in [0.1, 0.15) is 5.00 Å². The molecular weight excluding hydrogens is 484 g/mol. The molecule has 0 unspecified atom stereocenters. The molecule has 0 atom stereocenters.